The maximum absolute atomic E-state index is 5.61. The Kier molecular flexibility index (Phi) is 18.9. The van der Waals surface area contributed by atoms with Gasteiger partial charge in [0.05, 0.1) is 33.8 Å². The van der Waals surface area contributed by atoms with Gasteiger partial charge in [-0.1, -0.05) is 419 Å². The SMILES string of the molecule is CC1(C)c2ccccc2-c2ccc(-c3cc4c(-c5ccc6c(c5)C(C)(C)c5ccccc5-6)cc(-c5ccc(-c6nc(-c7ccccc7)cc(-c7ccccc7)n6)cc5)nc4c4ccccc34)cc21.CC1(C)c2ccccc2-c2ccc(-c3cc4c(-c5ccc6c(c5)C(C)(C)c5ccccc5-6)cc(-c5ccc(-c6nc(-c7ccccc7)nc(-c7ccccc7)n6)cc5)nc4c4ccccc34)cc21. The van der Waals surface area contributed by atoms with Crippen LogP contribution >= 0.6 is 0 Å². The Morgan fingerprint density at radius 2 is 0.346 bits per heavy atom. The Hall–Kier alpha value is -16.6. The second-order valence-electron chi connectivity index (χ2n) is 39.0. The van der Waals surface area contributed by atoms with Gasteiger partial charge in [0.1, 0.15) is 0 Å². The van der Waals surface area contributed by atoms with E-state index in [4.69, 9.17) is 34.9 Å². The van der Waals surface area contributed by atoms with Crippen LogP contribution in [0, 0.1) is 0 Å². The summed E-state index contributed by atoms with van der Waals surface area (Å²) >= 11 is 0. The molecule has 0 spiro atoms. The fraction of sp³-hybridized carbons (Fsp3) is 0.0930. The number of fused-ring (bicyclic) bond motifs is 18. The van der Waals surface area contributed by atoms with E-state index in [1.54, 1.807) is 0 Å². The molecule has 7 heteroatoms. The van der Waals surface area contributed by atoms with Crippen molar-refractivity contribution in [2.45, 2.75) is 77.0 Å². The summed E-state index contributed by atoms with van der Waals surface area (Å²) in [6.45, 7) is 18.9. The molecule has 4 aliphatic carbocycles. The van der Waals surface area contributed by atoms with Crippen LogP contribution in [-0.2, 0) is 21.7 Å². The van der Waals surface area contributed by atoms with Crippen molar-refractivity contribution in [2.75, 3.05) is 0 Å². The standard InChI is InChI=1S/C65H47N3.C64H46N4/c1-64(2)55-25-15-13-22-47(55)49-33-31-44(35-57(49)64)52-37-54-53(45-32-34-50-48-23-14-16-26-56(48)65(3,4)58(50)36-45)38-59(66-62(54)51-24-12-11-21-46(51)52)42-27-29-43(30-28-42)63-67-60(40-17-7-5-8-18-40)39-61(68-63)41-19-9-6-10-20-41;1-63(2)54-25-15-13-22-46(54)48-33-31-43(35-56(48)63)51-37-53-52(44-32-34-49-47-23-14-16-26-55(47)64(3,4)57(49)36-44)38-58(65-59(53)50-24-12-11-21-45(50)51)39-27-29-42(30-28-39)62-67-60(40-17-7-5-8-18-40)66-61(68-62)41-19-9-6-10-20-41/h5-39H,1-4H3;5-38H,1-4H3. The van der Waals surface area contributed by atoms with Gasteiger partial charge in [0.25, 0.3) is 0 Å². The third kappa shape index (κ3) is 13.3. The zero-order valence-electron chi connectivity index (χ0n) is 77.0. The van der Waals surface area contributed by atoms with E-state index in [2.05, 4.69) is 401 Å². The van der Waals surface area contributed by atoms with Gasteiger partial charge in [-0.3, -0.25) is 0 Å². The highest BCUT2D eigenvalue weighted by atomic mass is 15.0. The van der Waals surface area contributed by atoms with Gasteiger partial charge in [-0.15, -0.1) is 0 Å². The second-order valence-corrected chi connectivity index (χ2v) is 39.0. The maximum Gasteiger partial charge on any atom is 0.164 e. The van der Waals surface area contributed by atoms with E-state index in [1.165, 1.54) is 133 Å². The van der Waals surface area contributed by atoms with Crippen molar-refractivity contribution in [3.8, 4) is 180 Å². The predicted octanol–water partition coefficient (Wildman–Crippen LogP) is 33.0. The van der Waals surface area contributed by atoms with Crippen LogP contribution < -0.4 is 0 Å². The van der Waals surface area contributed by atoms with E-state index in [-0.39, 0.29) is 21.7 Å². The summed E-state index contributed by atoms with van der Waals surface area (Å²) in [4.78, 5) is 36.4. The van der Waals surface area contributed by atoms with E-state index in [9.17, 15) is 0 Å². The molecule has 4 heterocycles. The molecule has 0 saturated heterocycles. The second kappa shape index (κ2) is 31.6. The van der Waals surface area contributed by atoms with Crippen LogP contribution in [0.1, 0.15) is 99.9 Å². The first-order valence-corrected chi connectivity index (χ1v) is 47.2. The largest absolute Gasteiger partial charge is 0.247 e. The van der Waals surface area contributed by atoms with Gasteiger partial charge in [0.15, 0.2) is 23.3 Å². The fourth-order valence-corrected chi connectivity index (χ4v) is 22.5. The summed E-state index contributed by atoms with van der Waals surface area (Å²) in [5.41, 5.74) is 44.0. The number of hydrogen-bond donors (Lipinski definition) is 0. The van der Waals surface area contributed by atoms with E-state index < -0.39 is 0 Å². The van der Waals surface area contributed by atoms with Crippen molar-refractivity contribution < 1.29 is 0 Å². The van der Waals surface area contributed by atoms with Crippen LogP contribution in [0.3, 0.4) is 0 Å². The first kappa shape index (κ1) is 81.4. The molecule has 0 radical (unpaired) electrons. The van der Waals surface area contributed by atoms with Crippen LogP contribution in [0.2, 0.25) is 0 Å². The third-order valence-corrected chi connectivity index (χ3v) is 29.7. The molecule has 0 amide bonds. The molecule has 0 N–H and O–H groups in total. The molecule has 26 rings (SSSR count). The highest BCUT2D eigenvalue weighted by molar-refractivity contribution is 6.18. The minimum absolute atomic E-state index is 0.110. The highest BCUT2D eigenvalue weighted by Crippen LogP contribution is 2.57. The van der Waals surface area contributed by atoms with Crippen LogP contribution in [0.4, 0.5) is 0 Å². The first-order valence-electron chi connectivity index (χ1n) is 47.2. The minimum Gasteiger partial charge on any atom is -0.247 e. The lowest BCUT2D eigenvalue weighted by Crippen LogP contribution is -2.15. The third-order valence-electron chi connectivity index (χ3n) is 29.7. The summed E-state index contributed by atoms with van der Waals surface area (Å²) < 4.78 is 0. The highest BCUT2D eigenvalue weighted by Gasteiger charge is 2.40. The molecule has 0 atom stereocenters. The molecule has 0 fully saturated rings. The van der Waals surface area contributed by atoms with E-state index >= 15 is 0 Å². The summed E-state index contributed by atoms with van der Waals surface area (Å²) in [6, 6.07) is 151. The average Bonchev–Trinajstić information content (AvgIpc) is 1.50. The van der Waals surface area contributed by atoms with Crippen LogP contribution in [0.15, 0.2) is 419 Å². The summed E-state index contributed by atoms with van der Waals surface area (Å²) in [7, 11) is 0. The fourth-order valence-electron chi connectivity index (χ4n) is 22.5. The Morgan fingerprint density at radius 3 is 0.654 bits per heavy atom. The van der Waals surface area contributed by atoms with Gasteiger partial charge >= 0.3 is 0 Å². The molecule has 7 nitrogen and oxygen atoms in total. The normalized spacial score (nSPS) is 13.8. The van der Waals surface area contributed by atoms with Gasteiger partial charge in [0.2, 0.25) is 0 Å². The van der Waals surface area contributed by atoms with E-state index in [1.807, 2.05) is 72.8 Å². The average molecular weight is 1740 g/mol. The van der Waals surface area contributed by atoms with Crippen molar-refractivity contribution in [1.29, 1.82) is 0 Å². The van der Waals surface area contributed by atoms with Crippen molar-refractivity contribution >= 4 is 43.4 Å². The molecular weight excluding hydrogens is 1650 g/mol. The molecule has 0 saturated carbocycles. The number of benzene rings is 18. The summed E-state index contributed by atoms with van der Waals surface area (Å²) in [5.74, 6) is 2.58. The molecule has 0 bridgehead atoms. The first-order chi connectivity index (χ1) is 66.4. The van der Waals surface area contributed by atoms with Gasteiger partial charge in [0, 0.05) is 87.7 Å². The topological polar surface area (TPSA) is 90.2 Å². The van der Waals surface area contributed by atoms with Gasteiger partial charge in [-0.25, -0.2) is 34.9 Å². The number of rotatable bonds is 12. The van der Waals surface area contributed by atoms with Crippen molar-refractivity contribution in [1.82, 2.24) is 34.9 Å². The lowest BCUT2D eigenvalue weighted by molar-refractivity contribution is 0.660. The molecule has 644 valence electrons. The van der Waals surface area contributed by atoms with E-state index in [0.29, 0.717) is 23.3 Å². The molecule has 18 aromatic carbocycles. The zero-order valence-corrected chi connectivity index (χ0v) is 77.0. The zero-order chi connectivity index (χ0) is 91.5. The van der Waals surface area contributed by atoms with Crippen LogP contribution in [-0.4, -0.2) is 34.9 Å². The van der Waals surface area contributed by atoms with Crippen LogP contribution in [0.25, 0.3) is 223 Å². The van der Waals surface area contributed by atoms with Gasteiger partial charge in [-0.2, -0.15) is 0 Å². The monoisotopic (exact) mass is 1740 g/mol. The summed E-state index contributed by atoms with van der Waals surface area (Å²) in [6.07, 6.45) is 0. The molecular formula is C129H93N7. The van der Waals surface area contributed by atoms with Crippen molar-refractivity contribution in [3.05, 3.63) is 463 Å². The summed E-state index contributed by atoms with van der Waals surface area (Å²) in [5, 5.41) is 6.90. The number of pyridine rings is 2. The Balaban J connectivity index is 0.000000145. The maximum atomic E-state index is 5.61. The number of nitrogens with zero attached hydrogens (tertiary/aromatic N) is 7. The van der Waals surface area contributed by atoms with Crippen molar-refractivity contribution in [3.63, 3.8) is 0 Å². The predicted molar refractivity (Wildman–Crippen MR) is 563 cm³/mol. The molecule has 0 unspecified atom stereocenters. The lowest BCUT2D eigenvalue weighted by Gasteiger charge is -2.23. The number of aromatic nitrogens is 7. The lowest BCUT2D eigenvalue weighted by atomic mass is 9.81. The van der Waals surface area contributed by atoms with E-state index in [0.717, 1.165) is 111 Å². The Morgan fingerprint density at radius 1 is 0.132 bits per heavy atom. The molecule has 4 aromatic heterocycles. The Bertz CT molecular complexity index is 8050. The minimum atomic E-state index is -0.147. The number of hydrogen-bond acceptors (Lipinski definition) is 7. The van der Waals surface area contributed by atoms with Gasteiger partial charge < -0.3 is 0 Å². The smallest absolute Gasteiger partial charge is 0.164 e. The molecule has 136 heavy (non-hydrogen) atoms. The van der Waals surface area contributed by atoms with Crippen LogP contribution in [0.5, 0.6) is 0 Å². The quantitative estimate of drug-likeness (QED) is 0.113. The molecule has 0 aliphatic heterocycles. The Labute approximate surface area is 792 Å². The van der Waals surface area contributed by atoms with Gasteiger partial charge in [-0.05, 0) is 199 Å². The van der Waals surface area contributed by atoms with Crippen molar-refractivity contribution in [2.24, 2.45) is 0 Å². The molecule has 22 aromatic rings. The molecule has 4 aliphatic rings.